The maximum atomic E-state index is 11.8. The molecule has 0 aliphatic heterocycles. The maximum absolute atomic E-state index is 11.8. The van der Waals surface area contributed by atoms with E-state index in [-0.39, 0.29) is 17.4 Å². The van der Waals surface area contributed by atoms with E-state index in [9.17, 15) is 9.90 Å². The molecule has 4 aliphatic carbocycles. The van der Waals surface area contributed by atoms with Crippen LogP contribution >= 0.6 is 0 Å². The summed E-state index contributed by atoms with van der Waals surface area (Å²) in [6.45, 7) is 4.97. The predicted octanol–water partition coefficient (Wildman–Crippen LogP) is 4.36. The number of ketones is 1. The van der Waals surface area contributed by atoms with Gasteiger partial charge >= 0.3 is 0 Å². The highest BCUT2D eigenvalue weighted by atomic mass is 16.2. The van der Waals surface area contributed by atoms with E-state index in [4.69, 9.17) is 0 Å². The SMILES string of the molecule is C[C@]12CCC(=O)C=C1CC[C@@H]1C2=CC[C@]2(C)/C(=C\CO)CC[C@H]12. The van der Waals surface area contributed by atoms with E-state index < -0.39 is 0 Å². The van der Waals surface area contributed by atoms with E-state index in [0.717, 1.165) is 31.6 Å². The van der Waals surface area contributed by atoms with Crippen LogP contribution in [0.15, 0.2) is 34.9 Å². The molecule has 124 valence electrons. The summed E-state index contributed by atoms with van der Waals surface area (Å²) in [4.78, 5) is 11.8. The molecule has 0 amide bonds. The minimum Gasteiger partial charge on any atom is -0.392 e. The molecule has 2 nitrogen and oxygen atoms in total. The first kappa shape index (κ1) is 15.4. The molecule has 0 aromatic carbocycles. The van der Waals surface area contributed by atoms with Crippen LogP contribution in [0.2, 0.25) is 0 Å². The Morgan fingerprint density at radius 1 is 1.26 bits per heavy atom. The number of allylic oxidation sites excluding steroid dienone is 5. The molecule has 2 heteroatoms. The number of carbonyl (C=O) groups is 1. The second-order valence-corrected chi connectivity index (χ2v) is 8.45. The summed E-state index contributed by atoms with van der Waals surface area (Å²) in [6.07, 6.45) is 14.1. The van der Waals surface area contributed by atoms with Gasteiger partial charge in [-0.1, -0.05) is 42.7 Å². The molecule has 1 N–H and O–H groups in total. The molecule has 0 aromatic rings. The Bertz CT molecular complexity index is 638. The number of hydrogen-bond donors (Lipinski definition) is 1. The first-order valence-corrected chi connectivity index (χ1v) is 9.24. The Kier molecular flexibility index (Phi) is 3.46. The summed E-state index contributed by atoms with van der Waals surface area (Å²) in [5.74, 6) is 1.72. The van der Waals surface area contributed by atoms with E-state index in [2.05, 4.69) is 26.0 Å². The van der Waals surface area contributed by atoms with E-state index in [0.29, 0.717) is 18.1 Å². The molecule has 4 aliphatic rings. The molecule has 23 heavy (non-hydrogen) atoms. The van der Waals surface area contributed by atoms with Gasteiger partial charge in [0.2, 0.25) is 0 Å². The lowest BCUT2D eigenvalue weighted by Gasteiger charge is -2.52. The lowest BCUT2D eigenvalue weighted by atomic mass is 9.52. The molecule has 0 aromatic heterocycles. The van der Waals surface area contributed by atoms with Gasteiger partial charge in [0, 0.05) is 11.8 Å². The van der Waals surface area contributed by atoms with Crippen molar-refractivity contribution >= 4 is 5.78 Å². The first-order chi connectivity index (χ1) is 11.0. The fourth-order valence-corrected chi connectivity index (χ4v) is 6.16. The van der Waals surface area contributed by atoms with Crippen LogP contribution in [0.5, 0.6) is 0 Å². The second-order valence-electron chi connectivity index (χ2n) is 8.45. The summed E-state index contributed by atoms with van der Waals surface area (Å²) < 4.78 is 0. The minimum absolute atomic E-state index is 0.140. The molecule has 2 fully saturated rings. The van der Waals surface area contributed by atoms with Crippen molar-refractivity contribution in [2.75, 3.05) is 6.61 Å². The topological polar surface area (TPSA) is 37.3 Å². The van der Waals surface area contributed by atoms with Gasteiger partial charge in [-0.2, -0.15) is 0 Å². The molecule has 0 saturated heterocycles. The van der Waals surface area contributed by atoms with Crippen LogP contribution in [-0.4, -0.2) is 17.5 Å². The molecule has 0 unspecified atom stereocenters. The Balaban J connectivity index is 1.74. The average molecular weight is 312 g/mol. The maximum Gasteiger partial charge on any atom is 0.155 e. The Labute approximate surface area is 139 Å². The highest BCUT2D eigenvalue weighted by Crippen LogP contribution is 2.64. The normalized spacial score (nSPS) is 44.3. The average Bonchev–Trinajstić information content (AvgIpc) is 2.85. The third-order valence-electron chi connectivity index (χ3n) is 7.52. The summed E-state index contributed by atoms with van der Waals surface area (Å²) in [7, 11) is 0. The highest BCUT2D eigenvalue weighted by Gasteiger charge is 2.53. The molecule has 4 atom stereocenters. The van der Waals surface area contributed by atoms with Crippen molar-refractivity contribution in [3.63, 3.8) is 0 Å². The lowest BCUT2D eigenvalue weighted by molar-refractivity contribution is -0.115. The summed E-state index contributed by atoms with van der Waals surface area (Å²) >= 11 is 0. The molecule has 0 bridgehead atoms. The van der Waals surface area contributed by atoms with Crippen molar-refractivity contribution in [2.24, 2.45) is 22.7 Å². The monoisotopic (exact) mass is 312 g/mol. The van der Waals surface area contributed by atoms with E-state index in [1.807, 2.05) is 6.08 Å². The summed E-state index contributed by atoms with van der Waals surface area (Å²) in [5, 5.41) is 9.35. The third-order valence-corrected chi connectivity index (χ3v) is 7.52. The van der Waals surface area contributed by atoms with Crippen LogP contribution in [-0.2, 0) is 4.79 Å². The van der Waals surface area contributed by atoms with Crippen molar-refractivity contribution in [3.8, 4) is 0 Å². The van der Waals surface area contributed by atoms with Gasteiger partial charge in [0.15, 0.2) is 5.78 Å². The van der Waals surface area contributed by atoms with Gasteiger partial charge in [-0.05, 0) is 61.9 Å². The number of aliphatic hydroxyl groups excluding tert-OH is 1. The Hall–Kier alpha value is -1.15. The Morgan fingerprint density at radius 3 is 2.87 bits per heavy atom. The van der Waals surface area contributed by atoms with Crippen molar-refractivity contribution in [1.29, 1.82) is 0 Å². The van der Waals surface area contributed by atoms with Crippen molar-refractivity contribution in [2.45, 2.75) is 58.8 Å². The largest absolute Gasteiger partial charge is 0.392 e. The molecular weight excluding hydrogens is 284 g/mol. The van der Waals surface area contributed by atoms with Crippen LogP contribution in [0.3, 0.4) is 0 Å². The van der Waals surface area contributed by atoms with Gasteiger partial charge in [-0.15, -0.1) is 0 Å². The second kappa shape index (κ2) is 5.17. The number of fused-ring (bicyclic) bond motifs is 5. The fourth-order valence-electron chi connectivity index (χ4n) is 6.16. The van der Waals surface area contributed by atoms with Crippen LogP contribution in [0.25, 0.3) is 0 Å². The van der Waals surface area contributed by atoms with Gasteiger partial charge < -0.3 is 5.11 Å². The van der Waals surface area contributed by atoms with Crippen LogP contribution < -0.4 is 0 Å². The van der Waals surface area contributed by atoms with Crippen molar-refractivity contribution in [1.82, 2.24) is 0 Å². The number of aliphatic hydroxyl groups is 1. The quantitative estimate of drug-likeness (QED) is 0.731. The van der Waals surface area contributed by atoms with Crippen molar-refractivity contribution in [3.05, 3.63) is 34.9 Å². The van der Waals surface area contributed by atoms with Crippen LogP contribution in [0.4, 0.5) is 0 Å². The number of carbonyl (C=O) groups excluding carboxylic acids is 1. The zero-order chi connectivity index (χ0) is 16.2. The van der Waals surface area contributed by atoms with E-state index in [1.54, 1.807) is 5.57 Å². The number of hydrogen-bond acceptors (Lipinski definition) is 2. The van der Waals surface area contributed by atoms with E-state index in [1.165, 1.54) is 24.0 Å². The molecular formula is C21H28O2. The molecule has 0 radical (unpaired) electrons. The van der Waals surface area contributed by atoms with Crippen LogP contribution in [0.1, 0.15) is 58.8 Å². The molecule has 2 saturated carbocycles. The fraction of sp³-hybridized carbons (Fsp3) is 0.667. The number of rotatable bonds is 1. The van der Waals surface area contributed by atoms with Gasteiger partial charge in [0.25, 0.3) is 0 Å². The molecule has 0 spiro atoms. The Morgan fingerprint density at radius 2 is 2.09 bits per heavy atom. The van der Waals surface area contributed by atoms with Crippen LogP contribution in [0, 0.1) is 22.7 Å². The van der Waals surface area contributed by atoms with Gasteiger partial charge in [0.05, 0.1) is 6.61 Å². The van der Waals surface area contributed by atoms with E-state index >= 15 is 0 Å². The van der Waals surface area contributed by atoms with Gasteiger partial charge in [-0.25, -0.2) is 0 Å². The zero-order valence-electron chi connectivity index (χ0n) is 14.4. The van der Waals surface area contributed by atoms with Gasteiger partial charge in [-0.3, -0.25) is 4.79 Å². The minimum atomic E-state index is 0.140. The standard InChI is InChI=1S/C21H28O2/c1-20-11-8-19-17(18(20)6-4-14(20)9-12-22)5-3-15-13-16(23)7-10-21(15,19)2/h8-9,13,17-18,22H,3-7,10-12H2,1-2H3/b14-9-/t17-,18+,20+,21-/m0/s1. The van der Waals surface area contributed by atoms with Crippen molar-refractivity contribution < 1.29 is 9.90 Å². The third kappa shape index (κ3) is 2.07. The zero-order valence-corrected chi connectivity index (χ0v) is 14.4. The highest BCUT2D eigenvalue weighted by molar-refractivity contribution is 5.92. The smallest absolute Gasteiger partial charge is 0.155 e. The first-order valence-electron chi connectivity index (χ1n) is 9.24. The summed E-state index contributed by atoms with van der Waals surface area (Å²) in [5.41, 5.74) is 4.89. The predicted molar refractivity (Wildman–Crippen MR) is 91.9 cm³/mol. The lowest BCUT2D eigenvalue weighted by Crippen LogP contribution is -2.43. The van der Waals surface area contributed by atoms with Gasteiger partial charge in [0.1, 0.15) is 0 Å². The summed E-state index contributed by atoms with van der Waals surface area (Å²) in [6, 6.07) is 0. The molecule has 0 heterocycles. The molecule has 4 rings (SSSR count).